The SMILES string of the molecule is CCCCNCCOc1cc(C(C)C)c(Cl)cc1C. The molecule has 0 fully saturated rings. The van der Waals surface area contributed by atoms with Gasteiger partial charge in [0.2, 0.25) is 0 Å². The van der Waals surface area contributed by atoms with Crippen LogP contribution in [0.15, 0.2) is 12.1 Å². The quantitative estimate of drug-likeness (QED) is 0.707. The molecule has 3 heteroatoms. The van der Waals surface area contributed by atoms with E-state index in [-0.39, 0.29) is 0 Å². The van der Waals surface area contributed by atoms with Gasteiger partial charge < -0.3 is 10.1 Å². The maximum atomic E-state index is 6.25. The first-order valence-electron chi connectivity index (χ1n) is 7.19. The minimum atomic E-state index is 0.415. The van der Waals surface area contributed by atoms with E-state index in [4.69, 9.17) is 16.3 Å². The van der Waals surface area contributed by atoms with E-state index in [1.54, 1.807) is 0 Å². The summed E-state index contributed by atoms with van der Waals surface area (Å²) in [7, 11) is 0. The first-order valence-corrected chi connectivity index (χ1v) is 7.57. The summed E-state index contributed by atoms with van der Waals surface area (Å²) >= 11 is 6.25. The van der Waals surface area contributed by atoms with Gasteiger partial charge in [-0.2, -0.15) is 0 Å². The van der Waals surface area contributed by atoms with Gasteiger partial charge in [0.25, 0.3) is 0 Å². The average Bonchev–Trinajstić information content (AvgIpc) is 2.35. The van der Waals surface area contributed by atoms with Gasteiger partial charge in [0.05, 0.1) is 0 Å². The molecule has 0 heterocycles. The summed E-state index contributed by atoms with van der Waals surface area (Å²) in [4.78, 5) is 0. The fourth-order valence-electron chi connectivity index (χ4n) is 1.93. The zero-order chi connectivity index (χ0) is 14.3. The molecule has 1 aromatic rings. The van der Waals surface area contributed by atoms with Crippen molar-refractivity contribution in [2.24, 2.45) is 0 Å². The molecule has 0 unspecified atom stereocenters. The number of ether oxygens (including phenoxy) is 1. The third-order valence-electron chi connectivity index (χ3n) is 3.16. The third-order valence-corrected chi connectivity index (χ3v) is 3.49. The molecule has 0 saturated carbocycles. The fraction of sp³-hybridized carbons (Fsp3) is 0.625. The summed E-state index contributed by atoms with van der Waals surface area (Å²) in [5.41, 5.74) is 2.25. The second-order valence-electron chi connectivity index (χ2n) is 5.25. The molecule has 108 valence electrons. The Labute approximate surface area is 122 Å². The van der Waals surface area contributed by atoms with Crippen molar-refractivity contribution in [2.75, 3.05) is 19.7 Å². The highest BCUT2D eigenvalue weighted by Crippen LogP contribution is 2.31. The minimum absolute atomic E-state index is 0.415. The van der Waals surface area contributed by atoms with Crippen LogP contribution in [0.3, 0.4) is 0 Å². The van der Waals surface area contributed by atoms with Gasteiger partial charge in [-0.1, -0.05) is 38.8 Å². The van der Waals surface area contributed by atoms with Gasteiger partial charge in [0.15, 0.2) is 0 Å². The molecule has 0 aliphatic carbocycles. The van der Waals surface area contributed by atoms with Crippen molar-refractivity contribution in [1.82, 2.24) is 5.32 Å². The van der Waals surface area contributed by atoms with Crippen LogP contribution in [0.2, 0.25) is 5.02 Å². The Kier molecular flexibility index (Phi) is 7.25. The lowest BCUT2D eigenvalue weighted by Crippen LogP contribution is -2.22. The van der Waals surface area contributed by atoms with E-state index in [0.717, 1.165) is 35.0 Å². The molecule has 0 aliphatic rings. The van der Waals surface area contributed by atoms with Crippen LogP contribution in [0.5, 0.6) is 5.75 Å². The third kappa shape index (κ3) is 5.42. The van der Waals surface area contributed by atoms with E-state index in [9.17, 15) is 0 Å². The van der Waals surface area contributed by atoms with Crippen molar-refractivity contribution in [3.8, 4) is 5.75 Å². The van der Waals surface area contributed by atoms with E-state index in [1.165, 1.54) is 12.8 Å². The largest absolute Gasteiger partial charge is 0.492 e. The van der Waals surface area contributed by atoms with Crippen LogP contribution in [-0.4, -0.2) is 19.7 Å². The monoisotopic (exact) mass is 283 g/mol. The van der Waals surface area contributed by atoms with E-state index < -0.39 is 0 Å². The number of benzene rings is 1. The van der Waals surface area contributed by atoms with E-state index in [2.05, 4.69) is 32.2 Å². The van der Waals surface area contributed by atoms with Gasteiger partial charge in [-0.05, 0) is 49.1 Å². The molecule has 0 saturated heterocycles. The van der Waals surface area contributed by atoms with E-state index in [0.29, 0.717) is 12.5 Å². The van der Waals surface area contributed by atoms with Crippen LogP contribution in [0, 0.1) is 6.92 Å². The molecule has 0 spiro atoms. The van der Waals surface area contributed by atoms with Gasteiger partial charge in [0, 0.05) is 11.6 Å². The zero-order valence-corrected chi connectivity index (χ0v) is 13.3. The Bertz CT molecular complexity index is 391. The van der Waals surface area contributed by atoms with Crippen LogP contribution >= 0.6 is 11.6 Å². The van der Waals surface area contributed by atoms with Crippen molar-refractivity contribution in [1.29, 1.82) is 0 Å². The van der Waals surface area contributed by atoms with Gasteiger partial charge in [-0.3, -0.25) is 0 Å². The van der Waals surface area contributed by atoms with Crippen molar-refractivity contribution in [2.45, 2.75) is 46.5 Å². The predicted molar refractivity (Wildman–Crippen MR) is 83.6 cm³/mol. The topological polar surface area (TPSA) is 21.3 Å². The molecule has 1 N–H and O–H groups in total. The molecule has 1 rings (SSSR count). The summed E-state index contributed by atoms with van der Waals surface area (Å²) in [6, 6.07) is 4.07. The van der Waals surface area contributed by atoms with Crippen LogP contribution < -0.4 is 10.1 Å². The number of aryl methyl sites for hydroxylation is 1. The molecule has 2 nitrogen and oxygen atoms in total. The summed E-state index contributed by atoms with van der Waals surface area (Å²) in [5, 5.41) is 4.21. The smallest absolute Gasteiger partial charge is 0.122 e. The Balaban J connectivity index is 2.51. The molecule has 0 aromatic heterocycles. The van der Waals surface area contributed by atoms with Crippen molar-refractivity contribution < 1.29 is 4.74 Å². The number of unbranched alkanes of at least 4 members (excludes halogenated alkanes) is 1. The average molecular weight is 284 g/mol. The fourth-order valence-corrected chi connectivity index (χ4v) is 2.36. The van der Waals surface area contributed by atoms with Crippen molar-refractivity contribution >= 4 is 11.6 Å². The number of hydrogen-bond donors (Lipinski definition) is 1. The highest BCUT2D eigenvalue weighted by molar-refractivity contribution is 6.31. The van der Waals surface area contributed by atoms with Crippen LogP contribution in [0.25, 0.3) is 0 Å². The summed E-state index contributed by atoms with van der Waals surface area (Å²) in [6.45, 7) is 11.2. The van der Waals surface area contributed by atoms with Crippen LogP contribution in [0.4, 0.5) is 0 Å². The minimum Gasteiger partial charge on any atom is -0.492 e. The lowest BCUT2D eigenvalue weighted by Gasteiger charge is -2.15. The zero-order valence-electron chi connectivity index (χ0n) is 12.6. The predicted octanol–water partition coefficient (Wildman–Crippen LogP) is 4.54. The maximum Gasteiger partial charge on any atom is 0.122 e. The molecule has 0 atom stereocenters. The van der Waals surface area contributed by atoms with Crippen molar-refractivity contribution in [3.63, 3.8) is 0 Å². The number of hydrogen-bond acceptors (Lipinski definition) is 2. The Morgan fingerprint density at radius 1 is 1.26 bits per heavy atom. The van der Waals surface area contributed by atoms with Gasteiger partial charge in [0.1, 0.15) is 12.4 Å². The maximum absolute atomic E-state index is 6.25. The van der Waals surface area contributed by atoms with E-state index in [1.807, 2.05) is 13.0 Å². The molecular formula is C16H26ClNO. The molecule has 0 aliphatic heterocycles. The highest BCUT2D eigenvalue weighted by atomic mass is 35.5. The molecule has 0 bridgehead atoms. The normalized spacial score (nSPS) is 11.1. The van der Waals surface area contributed by atoms with Crippen LogP contribution in [-0.2, 0) is 0 Å². The summed E-state index contributed by atoms with van der Waals surface area (Å²) < 4.78 is 5.84. The number of halogens is 1. The van der Waals surface area contributed by atoms with Crippen LogP contribution in [0.1, 0.15) is 50.7 Å². The first kappa shape index (κ1) is 16.3. The molecule has 19 heavy (non-hydrogen) atoms. The van der Waals surface area contributed by atoms with Gasteiger partial charge in [-0.15, -0.1) is 0 Å². The summed E-state index contributed by atoms with van der Waals surface area (Å²) in [6.07, 6.45) is 2.44. The molecular weight excluding hydrogens is 258 g/mol. The van der Waals surface area contributed by atoms with Gasteiger partial charge in [-0.25, -0.2) is 0 Å². The Morgan fingerprint density at radius 3 is 2.63 bits per heavy atom. The second kappa shape index (κ2) is 8.44. The molecule has 0 amide bonds. The number of rotatable bonds is 8. The molecule has 0 radical (unpaired) electrons. The number of nitrogens with one attached hydrogen (secondary N) is 1. The highest BCUT2D eigenvalue weighted by Gasteiger charge is 2.09. The summed E-state index contributed by atoms with van der Waals surface area (Å²) in [5.74, 6) is 1.36. The second-order valence-corrected chi connectivity index (χ2v) is 5.65. The Morgan fingerprint density at radius 2 is 2.00 bits per heavy atom. The lowest BCUT2D eigenvalue weighted by atomic mass is 10.0. The van der Waals surface area contributed by atoms with Crippen molar-refractivity contribution in [3.05, 3.63) is 28.3 Å². The standard InChI is InChI=1S/C16H26ClNO/c1-5-6-7-18-8-9-19-16-11-14(12(2)3)15(17)10-13(16)4/h10-12,18H,5-9H2,1-4H3. The lowest BCUT2D eigenvalue weighted by molar-refractivity contribution is 0.311. The first-order chi connectivity index (χ1) is 9.06. The van der Waals surface area contributed by atoms with Gasteiger partial charge >= 0.3 is 0 Å². The Hall–Kier alpha value is -0.730. The molecule has 1 aromatic carbocycles. The van der Waals surface area contributed by atoms with E-state index >= 15 is 0 Å².